The van der Waals surface area contributed by atoms with E-state index in [1.165, 1.54) is 9.91 Å². The number of hydrogen-bond acceptors (Lipinski definition) is 5. The summed E-state index contributed by atoms with van der Waals surface area (Å²) >= 11 is 8.01. The Bertz CT molecular complexity index is 885. The lowest BCUT2D eigenvalue weighted by molar-refractivity contribution is -0.141. The lowest BCUT2D eigenvalue weighted by atomic mass is 10.0. The average molecular weight is 434 g/mol. The van der Waals surface area contributed by atoms with E-state index in [2.05, 4.69) is 5.10 Å². The number of amides is 2. The van der Waals surface area contributed by atoms with Gasteiger partial charge in [0.05, 0.1) is 23.2 Å². The van der Waals surface area contributed by atoms with E-state index in [0.29, 0.717) is 31.0 Å². The third-order valence-corrected chi connectivity index (χ3v) is 6.05. The van der Waals surface area contributed by atoms with E-state index >= 15 is 0 Å². The largest absolute Gasteiger partial charge is 0.383 e. The molecule has 29 heavy (non-hydrogen) atoms. The number of methoxy groups -OCH3 is 1. The van der Waals surface area contributed by atoms with Gasteiger partial charge >= 0.3 is 0 Å². The zero-order valence-corrected chi connectivity index (χ0v) is 18.1. The SMILES string of the molecule is CCC(=O)N(CCOC)CC(=O)N1N=C(c2cccs2)CC1c1ccccc1Cl. The number of carbonyl (C=O) groups excluding carboxylic acids is 2. The number of halogens is 1. The van der Waals surface area contributed by atoms with Crippen molar-refractivity contribution in [2.75, 3.05) is 26.8 Å². The number of thiophene rings is 1. The van der Waals surface area contributed by atoms with Crippen LogP contribution < -0.4 is 0 Å². The minimum absolute atomic E-state index is 0.0434. The number of carbonyl (C=O) groups is 2. The summed E-state index contributed by atoms with van der Waals surface area (Å²) in [5, 5.41) is 8.70. The maximum Gasteiger partial charge on any atom is 0.262 e. The van der Waals surface area contributed by atoms with Gasteiger partial charge in [-0.3, -0.25) is 9.59 Å². The summed E-state index contributed by atoms with van der Waals surface area (Å²) in [6, 6.07) is 11.2. The molecule has 154 valence electrons. The van der Waals surface area contributed by atoms with E-state index in [1.807, 2.05) is 41.8 Å². The Morgan fingerprint density at radius 1 is 1.31 bits per heavy atom. The van der Waals surface area contributed by atoms with Gasteiger partial charge in [-0.2, -0.15) is 5.10 Å². The van der Waals surface area contributed by atoms with Gasteiger partial charge in [0.25, 0.3) is 5.91 Å². The molecule has 1 aromatic carbocycles. The minimum atomic E-state index is -0.297. The van der Waals surface area contributed by atoms with Crippen molar-refractivity contribution in [2.45, 2.75) is 25.8 Å². The highest BCUT2D eigenvalue weighted by atomic mass is 35.5. The van der Waals surface area contributed by atoms with Crippen LogP contribution in [0.3, 0.4) is 0 Å². The molecule has 0 saturated heterocycles. The Hall–Kier alpha value is -2.22. The second-order valence-electron chi connectivity index (χ2n) is 6.67. The van der Waals surface area contributed by atoms with Gasteiger partial charge in [-0.15, -0.1) is 11.3 Å². The third kappa shape index (κ3) is 5.04. The molecule has 1 aliphatic rings. The molecule has 0 fully saturated rings. The Labute approximate surface area is 179 Å². The molecular formula is C21H24ClN3O3S. The van der Waals surface area contributed by atoms with E-state index in [4.69, 9.17) is 16.3 Å². The monoisotopic (exact) mass is 433 g/mol. The van der Waals surface area contributed by atoms with Gasteiger partial charge in [-0.05, 0) is 23.1 Å². The molecule has 0 bridgehead atoms. The van der Waals surface area contributed by atoms with Crippen LogP contribution in [0.4, 0.5) is 0 Å². The highest BCUT2D eigenvalue weighted by Crippen LogP contribution is 2.37. The van der Waals surface area contributed by atoms with Gasteiger partial charge < -0.3 is 9.64 Å². The van der Waals surface area contributed by atoms with Crippen LogP contribution in [0.25, 0.3) is 0 Å². The third-order valence-electron chi connectivity index (χ3n) is 4.78. The molecule has 0 spiro atoms. The van der Waals surface area contributed by atoms with Gasteiger partial charge in [0.15, 0.2) is 0 Å². The Balaban J connectivity index is 1.87. The topological polar surface area (TPSA) is 62.2 Å². The van der Waals surface area contributed by atoms with Gasteiger partial charge in [-0.1, -0.05) is 42.8 Å². The summed E-state index contributed by atoms with van der Waals surface area (Å²) in [7, 11) is 1.57. The number of hydrogen-bond donors (Lipinski definition) is 0. The summed E-state index contributed by atoms with van der Waals surface area (Å²) in [4.78, 5) is 28.0. The molecule has 1 atom stereocenters. The summed E-state index contributed by atoms with van der Waals surface area (Å²) in [5.41, 5.74) is 1.70. The quantitative estimate of drug-likeness (QED) is 0.632. The maximum atomic E-state index is 13.2. The van der Waals surface area contributed by atoms with Crippen LogP contribution in [0, 0.1) is 0 Å². The van der Waals surface area contributed by atoms with Crippen molar-refractivity contribution in [1.29, 1.82) is 0 Å². The first-order valence-electron chi connectivity index (χ1n) is 9.49. The highest BCUT2D eigenvalue weighted by molar-refractivity contribution is 7.12. The van der Waals surface area contributed by atoms with Crippen molar-refractivity contribution in [3.05, 3.63) is 57.2 Å². The van der Waals surface area contributed by atoms with Crippen molar-refractivity contribution in [3.63, 3.8) is 0 Å². The smallest absolute Gasteiger partial charge is 0.262 e. The van der Waals surface area contributed by atoms with Crippen molar-refractivity contribution < 1.29 is 14.3 Å². The molecule has 2 amide bonds. The Morgan fingerprint density at radius 2 is 2.10 bits per heavy atom. The minimum Gasteiger partial charge on any atom is -0.383 e. The first-order chi connectivity index (χ1) is 14.0. The molecule has 0 radical (unpaired) electrons. The summed E-state index contributed by atoms with van der Waals surface area (Å²) in [6.45, 7) is 2.47. The van der Waals surface area contributed by atoms with Crippen LogP contribution >= 0.6 is 22.9 Å². The van der Waals surface area contributed by atoms with Gasteiger partial charge in [0, 0.05) is 31.5 Å². The number of nitrogens with zero attached hydrogens (tertiary/aromatic N) is 3. The molecule has 3 rings (SSSR count). The van der Waals surface area contributed by atoms with Crippen LogP contribution in [-0.4, -0.2) is 54.2 Å². The molecule has 1 aromatic heterocycles. The van der Waals surface area contributed by atoms with Crippen LogP contribution in [-0.2, 0) is 14.3 Å². The molecule has 0 saturated carbocycles. The van der Waals surface area contributed by atoms with Crippen LogP contribution in [0.5, 0.6) is 0 Å². The van der Waals surface area contributed by atoms with E-state index < -0.39 is 0 Å². The second-order valence-corrected chi connectivity index (χ2v) is 8.02. The zero-order valence-electron chi connectivity index (χ0n) is 16.5. The molecular weight excluding hydrogens is 410 g/mol. The fourth-order valence-corrected chi connectivity index (χ4v) is 4.25. The van der Waals surface area contributed by atoms with Crippen LogP contribution in [0.2, 0.25) is 5.02 Å². The second kappa shape index (κ2) is 10.0. The van der Waals surface area contributed by atoms with Crippen LogP contribution in [0.1, 0.15) is 36.2 Å². The fraction of sp³-hybridized carbons (Fsp3) is 0.381. The summed E-state index contributed by atoms with van der Waals surface area (Å²) in [5.74, 6) is -0.328. The molecule has 2 heterocycles. The summed E-state index contributed by atoms with van der Waals surface area (Å²) in [6.07, 6.45) is 0.907. The lowest BCUT2D eigenvalue weighted by Crippen LogP contribution is -2.42. The van der Waals surface area contributed by atoms with Crippen molar-refractivity contribution >= 4 is 40.5 Å². The zero-order chi connectivity index (χ0) is 20.8. The van der Waals surface area contributed by atoms with Gasteiger partial charge in [0.1, 0.15) is 6.54 Å². The van der Waals surface area contributed by atoms with Crippen molar-refractivity contribution in [3.8, 4) is 0 Å². The molecule has 6 nitrogen and oxygen atoms in total. The molecule has 1 aliphatic heterocycles. The molecule has 8 heteroatoms. The highest BCUT2D eigenvalue weighted by Gasteiger charge is 2.35. The molecule has 0 aliphatic carbocycles. The first-order valence-corrected chi connectivity index (χ1v) is 10.8. The van der Waals surface area contributed by atoms with Crippen LogP contribution in [0.15, 0.2) is 46.9 Å². The van der Waals surface area contributed by atoms with E-state index in [9.17, 15) is 9.59 Å². The summed E-state index contributed by atoms with van der Waals surface area (Å²) < 4.78 is 5.08. The predicted octanol–water partition coefficient (Wildman–Crippen LogP) is 3.96. The lowest BCUT2D eigenvalue weighted by Gasteiger charge is -2.27. The first kappa shape index (κ1) is 21.5. The normalized spacial score (nSPS) is 16.0. The predicted molar refractivity (Wildman–Crippen MR) is 115 cm³/mol. The number of ether oxygens (including phenoxy) is 1. The number of benzene rings is 1. The molecule has 0 N–H and O–H groups in total. The average Bonchev–Trinajstić information content (AvgIpc) is 3.40. The fourth-order valence-electron chi connectivity index (χ4n) is 3.27. The van der Waals surface area contributed by atoms with E-state index in [1.54, 1.807) is 25.4 Å². The molecule has 1 unspecified atom stereocenters. The number of hydrazone groups is 1. The Kier molecular flexibility index (Phi) is 7.41. The van der Waals surface area contributed by atoms with E-state index in [-0.39, 0.29) is 24.4 Å². The maximum absolute atomic E-state index is 13.2. The number of rotatable bonds is 8. The van der Waals surface area contributed by atoms with Crippen molar-refractivity contribution in [2.24, 2.45) is 5.10 Å². The Morgan fingerprint density at radius 3 is 2.76 bits per heavy atom. The standard InChI is InChI=1S/C21H24ClN3O3S/c1-3-20(26)24(10-11-28-2)14-21(27)25-18(15-7-4-5-8-16(15)22)13-17(23-25)19-9-6-12-29-19/h4-9,12,18H,3,10-11,13-14H2,1-2H3. The van der Waals surface area contributed by atoms with Crippen molar-refractivity contribution in [1.82, 2.24) is 9.91 Å². The van der Waals surface area contributed by atoms with Gasteiger partial charge in [0.2, 0.25) is 5.91 Å². The van der Waals surface area contributed by atoms with Gasteiger partial charge in [-0.25, -0.2) is 5.01 Å². The van der Waals surface area contributed by atoms with E-state index in [0.717, 1.165) is 16.2 Å². The molecule has 2 aromatic rings.